The second-order valence-electron chi connectivity index (χ2n) is 4.37. The van der Waals surface area contributed by atoms with Gasteiger partial charge in [0.05, 0.1) is 5.69 Å². The number of hydrogen-bond donors (Lipinski definition) is 1. The molecule has 0 radical (unpaired) electrons. The minimum atomic E-state index is 0.822. The quantitative estimate of drug-likeness (QED) is 0.806. The summed E-state index contributed by atoms with van der Waals surface area (Å²) in [5.41, 5.74) is 0.989. The molecule has 4 nitrogen and oxygen atoms in total. The van der Waals surface area contributed by atoms with E-state index in [9.17, 15) is 0 Å². The summed E-state index contributed by atoms with van der Waals surface area (Å²) >= 11 is 0. The lowest BCUT2D eigenvalue weighted by molar-refractivity contribution is 0.215. The molecule has 0 saturated carbocycles. The lowest BCUT2D eigenvalue weighted by Gasteiger charge is -2.28. The maximum atomic E-state index is 4.77. The predicted octanol–water partition coefficient (Wildman–Crippen LogP) is 1.11. The van der Waals surface area contributed by atoms with E-state index in [2.05, 4.69) is 22.4 Å². The Morgan fingerprint density at radius 1 is 1.53 bits per heavy atom. The van der Waals surface area contributed by atoms with Gasteiger partial charge in [-0.05, 0) is 45.4 Å². The number of piperidine rings is 1. The molecule has 1 aliphatic heterocycles. The number of aromatic nitrogens is 1. The van der Waals surface area contributed by atoms with Crippen molar-refractivity contribution in [1.29, 1.82) is 0 Å². The van der Waals surface area contributed by atoms with Crippen molar-refractivity contribution in [2.24, 2.45) is 5.92 Å². The molecule has 0 spiro atoms. The SMILES string of the molecule is CN1CCC(CNCc2ccon2)CC1. The Morgan fingerprint density at radius 2 is 2.33 bits per heavy atom. The molecule has 2 heterocycles. The molecule has 0 aromatic carbocycles. The van der Waals surface area contributed by atoms with Crippen molar-refractivity contribution in [2.45, 2.75) is 19.4 Å². The molecule has 0 atom stereocenters. The maximum Gasteiger partial charge on any atom is 0.124 e. The van der Waals surface area contributed by atoms with Gasteiger partial charge in [0.25, 0.3) is 0 Å². The van der Waals surface area contributed by atoms with Crippen molar-refractivity contribution >= 4 is 0 Å². The normalized spacial score (nSPS) is 19.5. The average Bonchev–Trinajstić information content (AvgIpc) is 2.74. The van der Waals surface area contributed by atoms with Crippen molar-refractivity contribution in [1.82, 2.24) is 15.4 Å². The molecule has 0 amide bonds. The van der Waals surface area contributed by atoms with Crippen LogP contribution in [0.3, 0.4) is 0 Å². The molecule has 1 fully saturated rings. The Morgan fingerprint density at radius 3 is 3.00 bits per heavy atom. The van der Waals surface area contributed by atoms with Crippen LogP contribution in [0.2, 0.25) is 0 Å². The Kier molecular flexibility index (Phi) is 3.75. The molecular weight excluding hydrogens is 190 g/mol. The monoisotopic (exact) mass is 209 g/mol. The fraction of sp³-hybridized carbons (Fsp3) is 0.727. The molecule has 2 rings (SSSR count). The second-order valence-corrected chi connectivity index (χ2v) is 4.37. The highest BCUT2D eigenvalue weighted by Gasteiger charge is 2.15. The molecule has 1 N–H and O–H groups in total. The lowest BCUT2D eigenvalue weighted by atomic mass is 9.97. The van der Waals surface area contributed by atoms with Crippen molar-refractivity contribution in [3.05, 3.63) is 18.0 Å². The third kappa shape index (κ3) is 3.32. The lowest BCUT2D eigenvalue weighted by Crippen LogP contribution is -2.34. The van der Waals surface area contributed by atoms with Gasteiger partial charge in [-0.15, -0.1) is 0 Å². The Labute approximate surface area is 90.6 Å². The molecule has 4 heteroatoms. The van der Waals surface area contributed by atoms with Crippen molar-refractivity contribution in [3.63, 3.8) is 0 Å². The topological polar surface area (TPSA) is 41.3 Å². The zero-order valence-electron chi connectivity index (χ0n) is 9.28. The van der Waals surface area contributed by atoms with Crippen molar-refractivity contribution in [3.8, 4) is 0 Å². The standard InChI is InChI=1S/C11H19N3O/c1-14-5-2-10(3-6-14)8-12-9-11-4-7-15-13-11/h4,7,10,12H,2-3,5-6,8-9H2,1H3. The third-order valence-corrected chi connectivity index (χ3v) is 3.07. The second kappa shape index (κ2) is 5.28. The van der Waals surface area contributed by atoms with Crippen molar-refractivity contribution < 1.29 is 4.52 Å². The van der Waals surface area contributed by atoms with Crippen LogP contribution in [-0.4, -0.2) is 36.7 Å². The maximum absolute atomic E-state index is 4.77. The van der Waals surface area contributed by atoms with Crippen LogP contribution in [0, 0.1) is 5.92 Å². The number of nitrogens with one attached hydrogen (secondary N) is 1. The summed E-state index contributed by atoms with van der Waals surface area (Å²) in [6, 6.07) is 1.90. The van der Waals surface area contributed by atoms with Crippen LogP contribution in [0.4, 0.5) is 0 Å². The van der Waals surface area contributed by atoms with Gasteiger partial charge in [0, 0.05) is 12.6 Å². The molecule has 0 bridgehead atoms. The van der Waals surface area contributed by atoms with Crippen molar-refractivity contribution in [2.75, 3.05) is 26.7 Å². The van der Waals surface area contributed by atoms with E-state index in [0.29, 0.717) is 0 Å². The summed E-state index contributed by atoms with van der Waals surface area (Å²) in [6.07, 6.45) is 4.23. The third-order valence-electron chi connectivity index (χ3n) is 3.07. The first-order valence-electron chi connectivity index (χ1n) is 5.63. The van der Waals surface area contributed by atoms with E-state index < -0.39 is 0 Å². The summed E-state index contributed by atoms with van der Waals surface area (Å²) in [4.78, 5) is 2.40. The summed E-state index contributed by atoms with van der Waals surface area (Å²) in [5, 5.41) is 7.30. The van der Waals surface area contributed by atoms with Gasteiger partial charge in [0.1, 0.15) is 6.26 Å². The summed E-state index contributed by atoms with van der Waals surface area (Å²) in [5.74, 6) is 0.827. The van der Waals surface area contributed by atoms with Gasteiger partial charge in [0.15, 0.2) is 0 Å². The van der Waals surface area contributed by atoms with E-state index in [0.717, 1.165) is 24.7 Å². The Balaban J connectivity index is 1.62. The van der Waals surface area contributed by atoms with Gasteiger partial charge >= 0.3 is 0 Å². The summed E-state index contributed by atoms with van der Waals surface area (Å²) < 4.78 is 4.77. The van der Waals surface area contributed by atoms with Crippen LogP contribution in [0.1, 0.15) is 18.5 Å². The Bertz CT molecular complexity index is 265. The highest BCUT2D eigenvalue weighted by atomic mass is 16.5. The molecule has 0 unspecified atom stereocenters. The minimum absolute atomic E-state index is 0.822. The molecule has 1 aliphatic rings. The van der Waals surface area contributed by atoms with Crippen LogP contribution in [0.15, 0.2) is 16.9 Å². The van der Waals surface area contributed by atoms with Gasteiger partial charge in [-0.3, -0.25) is 0 Å². The minimum Gasteiger partial charge on any atom is -0.364 e. The highest BCUT2D eigenvalue weighted by molar-refractivity contribution is 4.94. The zero-order valence-corrected chi connectivity index (χ0v) is 9.28. The van der Waals surface area contributed by atoms with E-state index in [1.165, 1.54) is 25.9 Å². The van der Waals surface area contributed by atoms with Gasteiger partial charge in [-0.1, -0.05) is 5.16 Å². The predicted molar refractivity (Wildman–Crippen MR) is 58.4 cm³/mol. The highest BCUT2D eigenvalue weighted by Crippen LogP contribution is 2.14. The van der Waals surface area contributed by atoms with E-state index in [1.807, 2.05) is 6.07 Å². The number of hydrogen-bond acceptors (Lipinski definition) is 4. The molecular formula is C11H19N3O. The average molecular weight is 209 g/mol. The summed E-state index contributed by atoms with van der Waals surface area (Å²) in [7, 11) is 2.19. The van der Waals surface area contributed by atoms with Crippen LogP contribution in [0.5, 0.6) is 0 Å². The number of nitrogens with zero attached hydrogens (tertiary/aromatic N) is 2. The summed E-state index contributed by atoms with van der Waals surface area (Å²) in [6.45, 7) is 4.39. The molecule has 84 valence electrons. The largest absolute Gasteiger partial charge is 0.364 e. The fourth-order valence-corrected chi connectivity index (χ4v) is 2.00. The zero-order chi connectivity index (χ0) is 10.5. The number of rotatable bonds is 4. The van der Waals surface area contributed by atoms with Crippen LogP contribution >= 0.6 is 0 Å². The number of likely N-dealkylation sites (tertiary alicyclic amines) is 1. The van der Waals surface area contributed by atoms with E-state index in [4.69, 9.17) is 4.52 Å². The molecule has 1 aromatic rings. The van der Waals surface area contributed by atoms with Gasteiger partial charge in [0.2, 0.25) is 0 Å². The van der Waals surface area contributed by atoms with Gasteiger partial charge < -0.3 is 14.7 Å². The van der Waals surface area contributed by atoms with Gasteiger partial charge in [-0.2, -0.15) is 0 Å². The molecule has 1 aromatic heterocycles. The van der Waals surface area contributed by atoms with Crippen LogP contribution in [-0.2, 0) is 6.54 Å². The van der Waals surface area contributed by atoms with Gasteiger partial charge in [-0.25, -0.2) is 0 Å². The van der Waals surface area contributed by atoms with E-state index >= 15 is 0 Å². The van der Waals surface area contributed by atoms with E-state index in [-0.39, 0.29) is 0 Å². The molecule has 0 aliphatic carbocycles. The molecule has 15 heavy (non-hydrogen) atoms. The van der Waals surface area contributed by atoms with Crippen LogP contribution in [0.25, 0.3) is 0 Å². The fourth-order valence-electron chi connectivity index (χ4n) is 2.00. The smallest absolute Gasteiger partial charge is 0.124 e. The molecule has 1 saturated heterocycles. The first-order chi connectivity index (χ1) is 7.34. The van der Waals surface area contributed by atoms with E-state index in [1.54, 1.807) is 6.26 Å². The Hall–Kier alpha value is -0.870. The van der Waals surface area contributed by atoms with Crippen LogP contribution < -0.4 is 5.32 Å². The first-order valence-corrected chi connectivity index (χ1v) is 5.63. The first kappa shape index (κ1) is 10.6.